The number of hydrogen-bond acceptors (Lipinski definition) is 2. The second-order valence-electron chi connectivity index (χ2n) is 5.27. The second kappa shape index (κ2) is 8.08. The molecule has 1 saturated carbocycles. The van der Waals surface area contributed by atoms with Gasteiger partial charge in [0.05, 0.1) is 0 Å². The summed E-state index contributed by atoms with van der Waals surface area (Å²) in [6.07, 6.45) is 9.55. The molecule has 0 bridgehead atoms. The van der Waals surface area contributed by atoms with Crippen LogP contribution in [0.2, 0.25) is 0 Å². The highest BCUT2D eigenvalue weighted by atomic mass is 15.1. The standard InChI is InChI=1S/C14H30N2/c1-3-10-16(11-6-9-15)14-8-5-7-13(4-2)12-14/h13-14H,3-12,15H2,1-2H3. The second-order valence-corrected chi connectivity index (χ2v) is 5.27. The maximum absolute atomic E-state index is 5.63. The summed E-state index contributed by atoms with van der Waals surface area (Å²) >= 11 is 0. The molecule has 0 amide bonds. The van der Waals surface area contributed by atoms with Crippen molar-refractivity contribution in [3.63, 3.8) is 0 Å². The molecule has 2 unspecified atom stereocenters. The van der Waals surface area contributed by atoms with E-state index in [1.807, 2.05) is 0 Å². The van der Waals surface area contributed by atoms with Crippen LogP contribution in [-0.2, 0) is 0 Å². The molecule has 2 atom stereocenters. The molecule has 2 nitrogen and oxygen atoms in total. The van der Waals surface area contributed by atoms with E-state index in [2.05, 4.69) is 18.7 Å². The Morgan fingerprint density at radius 1 is 1.19 bits per heavy atom. The van der Waals surface area contributed by atoms with Gasteiger partial charge in [-0.2, -0.15) is 0 Å². The Labute approximate surface area is 102 Å². The number of hydrogen-bond donors (Lipinski definition) is 1. The smallest absolute Gasteiger partial charge is 0.00979 e. The highest BCUT2D eigenvalue weighted by Gasteiger charge is 2.24. The van der Waals surface area contributed by atoms with Gasteiger partial charge in [0.15, 0.2) is 0 Å². The Hall–Kier alpha value is -0.0800. The summed E-state index contributed by atoms with van der Waals surface area (Å²) < 4.78 is 0. The average Bonchev–Trinajstić information content (AvgIpc) is 2.34. The molecule has 16 heavy (non-hydrogen) atoms. The third-order valence-corrected chi connectivity index (χ3v) is 4.01. The summed E-state index contributed by atoms with van der Waals surface area (Å²) in [6.45, 7) is 7.95. The Morgan fingerprint density at radius 2 is 2.00 bits per heavy atom. The van der Waals surface area contributed by atoms with E-state index < -0.39 is 0 Å². The van der Waals surface area contributed by atoms with Crippen molar-refractivity contribution < 1.29 is 0 Å². The van der Waals surface area contributed by atoms with Gasteiger partial charge in [0, 0.05) is 6.04 Å². The summed E-state index contributed by atoms with van der Waals surface area (Å²) in [5.74, 6) is 0.982. The van der Waals surface area contributed by atoms with Gasteiger partial charge < -0.3 is 10.6 Å². The third-order valence-electron chi connectivity index (χ3n) is 4.01. The maximum atomic E-state index is 5.63. The molecule has 96 valence electrons. The van der Waals surface area contributed by atoms with E-state index in [1.54, 1.807) is 0 Å². The first-order valence-corrected chi connectivity index (χ1v) is 7.25. The van der Waals surface area contributed by atoms with Crippen LogP contribution in [0.5, 0.6) is 0 Å². The van der Waals surface area contributed by atoms with Gasteiger partial charge in [0.2, 0.25) is 0 Å². The van der Waals surface area contributed by atoms with Crippen molar-refractivity contribution in [2.75, 3.05) is 19.6 Å². The minimum absolute atomic E-state index is 0.837. The van der Waals surface area contributed by atoms with Crippen molar-refractivity contribution in [3.8, 4) is 0 Å². The SMILES string of the molecule is CCCN(CCCN)C1CCCC(CC)C1. The van der Waals surface area contributed by atoms with Gasteiger partial charge in [-0.25, -0.2) is 0 Å². The molecular weight excluding hydrogens is 196 g/mol. The van der Waals surface area contributed by atoms with Crippen LogP contribution in [0.4, 0.5) is 0 Å². The lowest BCUT2D eigenvalue weighted by molar-refractivity contribution is 0.127. The predicted octanol–water partition coefficient (Wildman–Crippen LogP) is 3.02. The molecule has 1 aliphatic rings. The Balaban J connectivity index is 2.41. The number of nitrogens with zero attached hydrogens (tertiary/aromatic N) is 1. The summed E-state index contributed by atoms with van der Waals surface area (Å²) in [7, 11) is 0. The van der Waals surface area contributed by atoms with E-state index in [9.17, 15) is 0 Å². The van der Waals surface area contributed by atoms with Crippen molar-refractivity contribution in [2.24, 2.45) is 11.7 Å². The van der Waals surface area contributed by atoms with Crippen molar-refractivity contribution in [2.45, 2.75) is 64.8 Å². The van der Waals surface area contributed by atoms with E-state index in [4.69, 9.17) is 5.73 Å². The van der Waals surface area contributed by atoms with Gasteiger partial charge in [0.1, 0.15) is 0 Å². The lowest BCUT2D eigenvalue weighted by atomic mass is 9.83. The largest absolute Gasteiger partial charge is 0.330 e. The lowest BCUT2D eigenvalue weighted by Gasteiger charge is -2.37. The van der Waals surface area contributed by atoms with E-state index >= 15 is 0 Å². The summed E-state index contributed by atoms with van der Waals surface area (Å²) in [4.78, 5) is 2.70. The van der Waals surface area contributed by atoms with Gasteiger partial charge in [-0.05, 0) is 51.2 Å². The molecule has 2 heteroatoms. The molecule has 1 aliphatic carbocycles. The molecular formula is C14H30N2. The molecule has 0 radical (unpaired) electrons. The third kappa shape index (κ3) is 4.42. The van der Waals surface area contributed by atoms with Crippen LogP contribution in [0.25, 0.3) is 0 Å². The van der Waals surface area contributed by atoms with E-state index in [0.29, 0.717) is 0 Å². The number of nitrogens with two attached hydrogens (primary N) is 1. The molecule has 1 rings (SSSR count). The maximum Gasteiger partial charge on any atom is 0.00979 e. The van der Waals surface area contributed by atoms with Crippen LogP contribution < -0.4 is 5.73 Å². The fraction of sp³-hybridized carbons (Fsp3) is 1.00. The van der Waals surface area contributed by atoms with Gasteiger partial charge in [0.25, 0.3) is 0 Å². The molecule has 0 heterocycles. The molecule has 0 aromatic rings. The molecule has 2 N–H and O–H groups in total. The van der Waals surface area contributed by atoms with Gasteiger partial charge >= 0.3 is 0 Å². The van der Waals surface area contributed by atoms with Gasteiger partial charge in [-0.1, -0.05) is 33.1 Å². The van der Waals surface area contributed by atoms with E-state index in [0.717, 1.165) is 24.9 Å². The minimum Gasteiger partial charge on any atom is -0.330 e. The van der Waals surface area contributed by atoms with Gasteiger partial charge in [-0.3, -0.25) is 0 Å². The first kappa shape index (κ1) is 14.0. The Morgan fingerprint density at radius 3 is 2.62 bits per heavy atom. The topological polar surface area (TPSA) is 29.3 Å². The Bertz CT molecular complexity index is 168. The number of rotatable bonds is 7. The summed E-state index contributed by atoms with van der Waals surface area (Å²) in [5.41, 5.74) is 5.63. The summed E-state index contributed by atoms with van der Waals surface area (Å²) in [5, 5.41) is 0. The predicted molar refractivity (Wildman–Crippen MR) is 71.6 cm³/mol. The fourth-order valence-corrected chi connectivity index (χ4v) is 3.02. The van der Waals surface area contributed by atoms with Crippen LogP contribution in [0.1, 0.15) is 58.8 Å². The van der Waals surface area contributed by atoms with Crippen LogP contribution >= 0.6 is 0 Å². The minimum atomic E-state index is 0.837. The molecule has 0 aliphatic heterocycles. The van der Waals surface area contributed by atoms with Crippen LogP contribution in [-0.4, -0.2) is 30.6 Å². The molecule has 0 spiro atoms. The summed E-state index contributed by atoms with van der Waals surface area (Å²) in [6, 6.07) is 0.852. The first-order valence-electron chi connectivity index (χ1n) is 7.25. The van der Waals surface area contributed by atoms with Crippen molar-refractivity contribution in [1.29, 1.82) is 0 Å². The van der Waals surface area contributed by atoms with E-state index in [-0.39, 0.29) is 0 Å². The fourth-order valence-electron chi connectivity index (χ4n) is 3.02. The molecule has 0 aromatic carbocycles. The van der Waals surface area contributed by atoms with Crippen molar-refractivity contribution in [3.05, 3.63) is 0 Å². The monoisotopic (exact) mass is 226 g/mol. The average molecular weight is 226 g/mol. The zero-order valence-electron chi connectivity index (χ0n) is 11.3. The highest BCUT2D eigenvalue weighted by molar-refractivity contribution is 4.80. The van der Waals surface area contributed by atoms with Crippen LogP contribution in [0.3, 0.4) is 0 Å². The quantitative estimate of drug-likeness (QED) is 0.723. The van der Waals surface area contributed by atoms with Crippen LogP contribution in [0, 0.1) is 5.92 Å². The molecule has 1 fully saturated rings. The highest BCUT2D eigenvalue weighted by Crippen LogP contribution is 2.29. The first-order chi connectivity index (χ1) is 7.81. The zero-order chi connectivity index (χ0) is 11.8. The van der Waals surface area contributed by atoms with E-state index in [1.165, 1.54) is 51.6 Å². The lowest BCUT2D eigenvalue weighted by Crippen LogP contribution is -2.40. The van der Waals surface area contributed by atoms with Crippen molar-refractivity contribution >= 4 is 0 Å². The molecule has 0 saturated heterocycles. The molecule has 0 aromatic heterocycles. The van der Waals surface area contributed by atoms with Crippen LogP contribution in [0.15, 0.2) is 0 Å². The normalized spacial score (nSPS) is 26.2. The Kier molecular flexibility index (Phi) is 7.06. The van der Waals surface area contributed by atoms with Gasteiger partial charge in [-0.15, -0.1) is 0 Å². The zero-order valence-corrected chi connectivity index (χ0v) is 11.3. The van der Waals surface area contributed by atoms with Crippen molar-refractivity contribution in [1.82, 2.24) is 4.90 Å².